The molecule has 0 radical (unpaired) electrons. The molecule has 1 aliphatic rings. The summed E-state index contributed by atoms with van der Waals surface area (Å²) in [5, 5.41) is 12.7. The summed E-state index contributed by atoms with van der Waals surface area (Å²) >= 11 is 0. The summed E-state index contributed by atoms with van der Waals surface area (Å²) in [6.07, 6.45) is 3.47. The van der Waals surface area contributed by atoms with Gasteiger partial charge in [0.25, 0.3) is 0 Å². The first-order chi connectivity index (χ1) is 8.56. The average Bonchev–Trinajstić information content (AvgIpc) is 3.11. The van der Waals surface area contributed by atoms with E-state index in [1.54, 1.807) is 0 Å². The Hall–Kier alpha value is -0.860. The van der Waals surface area contributed by atoms with E-state index in [4.69, 9.17) is 5.11 Å². The zero-order valence-corrected chi connectivity index (χ0v) is 11.8. The van der Waals surface area contributed by atoms with Crippen LogP contribution < -0.4 is 5.32 Å². The Balaban J connectivity index is 1.91. The Labute approximate surface area is 110 Å². The number of aliphatic hydroxyl groups is 1. The molecule has 2 nitrogen and oxygen atoms in total. The number of aliphatic hydroxyl groups excluding tert-OH is 1. The first-order valence-electron chi connectivity index (χ1n) is 6.98. The number of hydrogen-bond acceptors (Lipinski definition) is 2. The van der Waals surface area contributed by atoms with Crippen molar-refractivity contribution in [3.05, 3.63) is 34.9 Å². The van der Waals surface area contributed by atoms with Crippen molar-refractivity contribution in [3.63, 3.8) is 0 Å². The van der Waals surface area contributed by atoms with Gasteiger partial charge in [-0.3, -0.25) is 0 Å². The molecule has 1 unspecified atom stereocenters. The highest BCUT2D eigenvalue weighted by molar-refractivity contribution is 5.31. The van der Waals surface area contributed by atoms with Crippen LogP contribution in [0, 0.1) is 19.3 Å². The molecular formula is C16H25NO. The third-order valence-electron chi connectivity index (χ3n) is 4.41. The van der Waals surface area contributed by atoms with Gasteiger partial charge < -0.3 is 10.4 Å². The van der Waals surface area contributed by atoms with Crippen LogP contribution in [0.1, 0.15) is 48.9 Å². The van der Waals surface area contributed by atoms with E-state index in [9.17, 15) is 0 Å². The summed E-state index contributed by atoms with van der Waals surface area (Å²) < 4.78 is 0. The van der Waals surface area contributed by atoms with E-state index < -0.39 is 0 Å². The van der Waals surface area contributed by atoms with Gasteiger partial charge in [-0.05, 0) is 62.1 Å². The van der Waals surface area contributed by atoms with E-state index in [1.165, 1.54) is 29.5 Å². The van der Waals surface area contributed by atoms with Crippen LogP contribution in [0.2, 0.25) is 0 Å². The Kier molecular flexibility index (Phi) is 4.08. The van der Waals surface area contributed by atoms with Crippen molar-refractivity contribution in [1.29, 1.82) is 0 Å². The van der Waals surface area contributed by atoms with Crippen LogP contribution in [0.5, 0.6) is 0 Å². The Morgan fingerprint density at radius 1 is 1.28 bits per heavy atom. The molecule has 1 aliphatic carbocycles. The summed E-state index contributed by atoms with van der Waals surface area (Å²) in [7, 11) is 0. The molecule has 1 saturated carbocycles. The van der Waals surface area contributed by atoms with Crippen LogP contribution in [-0.2, 0) is 0 Å². The summed E-state index contributed by atoms with van der Waals surface area (Å²) in [5.74, 6) is 0. The fourth-order valence-electron chi connectivity index (χ4n) is 2.45. The van der Waals surface area contributed by atoms with Gasteiger partial charge >= 0.3 is 0 Å². The fourth-order valence-corrected chi connectivity index (χ4v) is 2.45. The molecule has 100 valence electrons. The van der Waals surface area contributed by atoms with Crippen LogP contribution >= 0.6 is 0 Å². The minimum Gasteiger partial charge on any atom is -0.396 e. The highest BCUT2D eigenvalue weighted by atomic mass is 16.3. The lowest BCUT2D eigenvalue weighted by Crippen LogP contribution is -2.27. The second-order valence-electron chi connectivity index (χ2n) is 5.92. The summed E-state index contributed by atoms with van der Waals surface area (Å²) in [4.78, 5) is 0. The molecular weight excluding hydrogens is 222 g/mol. The molecule has 1 aromatic rings. The van der Waals surface area contributed by atoms with Crippen molar-refractivity contribution in [2.75, 3.05) is 13.2 Å². The standard InChI is InChI=1S/C16H25NO/c1-12-4-5-15(10-13(12)2)14(3)17-11-16(6-7-16)8-9-18/h4-5,10,14,17-18H,6-9,11H2,1-3H3. The molecule has 0 heterocycles. The topological polar surface area (TPSA) is 32.3 Å². The third-order valence-corrected chi connectivity index (χ3v) is 4.41. The Morgan fingerprint density at radius 3 is 2.56 bits per heavy atom. The second-order valence-corrected chi connectivity index (χ2v) is 5.92. The lowest BCUT2D eigenvalue weighted by atomic mass is 9.99. The molecule has 2 rings (SSSR count). The van der Waals surface area contributed by atoms with Crippen molar-refractivity contribution >= 4 is 0 Å². The molecule has 2 N–H and O–H groups in total. The van der Waals surface area contributed by atoms with Gasteiger partial charge in [-0.1, -0.05) is 18.2 Å². The number of benzene rings is 1. The molecule has 2 heteroatoms. The first kappa shape index (κ1) is 13.6. The van der Waals surface area contributed by atoms with Gasteiger partial charge in [0.2, 0.25) is 0 Å². The van der Waals surface area contributed by atoms with Gasteiger partial charge in [0, 0.05) is 19.2 Å². The maximum absolute atomic E-state index is 9.06. The largest absolute Gasteiger partial charge is 0.396 e. The highest BCUT2D eigenvalue weighted by Crippen LogP contribution is 2.48. The Morgan fingerprint density at radius 2 is 2.00 bits per heavy atom. The third kappa shape index (κ3) is 3.12. The fraction of sp³-hybridized carbons (Fsp3) is 0.625. The van der Waals surface area contributed by atoms with E-state index in [0.29, 0.717) is 18.1 Å². The normalized spacial score (nSPS) is 18.7. The summed E-state index contributed by atoms with van der Waals surface area (Å²) in [6, 6.07) is 7.08. The van der Waals surface area contributed by atoms with Gasteiger partial charge in [-0.15, -0.1) is 0 Å². The molecule has 0 spiro atoms. The molecule has 1 aromatic carbocycles. The van der Waals surface area contributed by atoms with Crippen molar-refractivity contribution in [3.8, 4) is 0 Å². The van der Waals surface area contributed by atoms with Crippen molar-refractivity contribution in [2.45, 2.75) is 46.1 Å². The number of aryl methyl sites for hydroxylation is 2. The minimum absolute atomic E-state index is 0.319. The Bertz CT molecular complexity index is 410. The maximum Gasteiger partial charge on any atom is 0.0436 e. The predicted molar refractivity (Wildman–Crippen MR) is 75.7 cm³/mol. The van der Waals surface area contributed by atoms with Gasteiger partial charge in [-0.25, -0.2) is 0 Å². The van der Waals surface area contributed by atoms with E-state index in [0.717, 1.165) is 13.0 Å². The first-order valence-corrected chi connectivity index (χ1v) is 6.98. The van der Waals surface area contributed by atoms with Crippen molar-refractivity contribution in [2.24, 2.45) is 5.41 Å². The number of hydrogen-bond donors (Lipinski definition) is 2. The van der Waals surface area contributed by atoms with Gasteiger partial charge in [-0.2, -0.15) is 0 Å². The molecule has 18 heavy (non-hydrogen) atoms. The van der Waals surface area contributed by atoms with E-state index in [-0.39, 0.29) is 0 Å². The smallest absolute Gasteiger partial charge is 0.0436 e. The number of rotatable bonds is 6. The van der Waals surface area contributed by atoms with Crippen LogP contribution in [0.15, 0.2) is 18.2 Å². The molecule has 1 atom stereocenters. The molecule has 0 amide bonds. The SMILES string of the molecule is Cc1ccc(C(C)NCC2(CCO)CC2)cc1C. The molecule has 0 saturated heterocycles. The van der Waals surface area contributed by atoms with Gasteiger partial charge in [0.05, 0.1) is 0 Å². The van der Waals surface area contributed by atoms with Crippen molar-refractivity contribution < 1.29 is 5.11 Å². The second kappa shape index (κ2) is 5.41. The van der Waals surface area contributed by atoms with Gasteiger partial charge in [0.1, 0.15) is 0 Å². The molecule has 0 aromatic heterocycles. The zero-order chi connectivity index (χ0) is 13.2. The highest BCUT2D eigenvalue weighted by Gasteiger charge is 2.41. The maximum atomic E-state index is 9.06. The van der Waals surface area contributed by atoms with Crippen LogP contribution in [0.25, 0.3) is 0 Å². The summed E-state index contributed by atoms with van der Waals surface area (Å²) in [5.41, 5.74) is 4.46. The van der Waals surface area contributed by atoms with E-state index in [1.807, 2.05) is 0 Å². The molecule has 0 aliphatic heterocycles. The zero-order valence-electron chi connectivity index (χ0n) is 11.8. The van der Waals surface area contributed by atoms with Crippen LogP contribution in [0.3, 0.4) is 0 Å². The quantitative estimate of drug-likeness (QED) is 0.809. The van der Waals surface area contributed by atoms with E-state index in [2.05, 4.69) is 44.3 Å². The van der Waals surface area contributed by atoms with E-state index >= 15 is 0 Å². The van der Waals surface area contributed by atoms with Crippen LogP contribution in [0.4, 0.5) is 0 Å². The lowest BCUT2D eigenvalue weighted by molar-refractivity contribution is 0.243. The molecule has 0 bridgehead atoms. The average molecular weight is 247 g/mol. The molecule has 1 fully saturated rings. The monoisotopic (exact) mass is 247 g/mol. The number of nitrogens with one attached hydrogen (secondary N) is 1. The van der Waals surface area contributed by atoms with Crippen LogP contribution in [-0.4, -0.2) is 18.3 Å². The lowest BCUT2D eigenvalue weighted by Gasteiger charge is -2.20. The predicted octanol–water partition coefficient (Wildman–Crippen LogP) is 3.12. The van der Waals surface area contributed by atoms with Gasteiger partial charge in [0.15, 0.2) is 0 Å². The minimum atomic E-state index is 0.319. The van der Waals surface area contributed by atoms with Crippen molar-refractivity contribution in [1.82, 2.24) is 5.32 Å². The summed E-state index contributed by atoms with van der Waals surface area (Å²) in [6.45, 7) is 7.89.